The van der Waals surface area contributed by atoms with Crippen LogP contribution in [0.2, 0.25) is 0 Å². The molecule has 1 aliphatic heterocycles. The lowest BCUT2D eigenvalue weighted by molar-refractivity contribution is 0.0356. The minimum Gasteiger partial charge on any atom is -0.515 e. The summed E-state index contributed by atoms with van der Waals surface area (Å²) in [5.74, 6) is 0. The summed E-state index contributed by atoms with van der Waals surface area (Å²) in [6.45, 7) is 3.36. The third-order valence-electron chi connectivity index (χ3n) is 4.63. The van der Waals surface area contributed by atoms with Crippen molar-refractivity contribution in [3.8, 4) is 0 Å². The molecule has 4 heteroatoms. The molecule has 0 spiro atoms. The van der Waals surface area contributed by atoms with Gasteiger partial charge in [-0.15, -0.1) is 0 Å². The monoisotopic (exact) mass is 308 g/mol. The van der Waals surface area contributed by atoms with Gasteiger partial charge < -0.3 is 20.1 Å². The molecule has 2 aromatic rings. The van der Waals surface area contributed by atoms with Gasteiger partial charge in [-0.05, 0) is 18.1 Å². The first-order valence-corrected chi connectivity index (χ1v) is 7.92. The van der Waals surface area contributed by atoms with E-state index in [1.807, 2.05) is 24.4 Å². The van der Waals surface area contributed by atoms with Gasteiger partial charge in [0.15, 0.2) is 0 Å². The van der Waals surface area contributed by atoms with Crippen LogP contribution >= 0.6 is 0 Å². The molecule has 1 aliphatic carbocycles. The third-order valence-corrected chi connectivity index (χ3v) is 4.63. The van der Waals surface area contributed by atoms with Crippen LogP contribution in [0, 0.1) is 6.92 Å². The Morgan fingerprint density at radius 2 is 2.13 bits per heavy atom. The highest BCUT2D eigenvalue weighted by atomic mass is 16.5. The van der Waals surface area contributed by atoms with Crippen molar-refractivity contribution in [2.24, 2.45) is 0 Å². The Balaban J connectivity index is 1.64. The molecule has 1 unspecified atom stereocenters. The molecule has 1 aromatic heterocycles. The molecule has 2 heterocycles. The molecule has 1 atom stereocenters. The number of aliphatic hydroxyl groups is 1. The first kappa shape index (κ1) is 14.2. The smallest absolute Gasteiger partial charge is 0.104 e. The van der Waals surface area contributed by atoms with E-state index in [9.17, 15) is 5.11 Å². The van der Waals surface area contributed by atoms with Gasteiger partial charge in [0.25, 0.3) is 0 Å². The van der Waals surface area contributed by atoms with Crippen LogP contribution in [0.1, 0.15) is 34.9 Å². The topological polar surface area (TPSA) is 57.3 Å². The number of rotatable bonds is 3. The predicted molar refractivity (Wildman–Crippen MR) is 89.8 cm³/mol. The molecule has 0 bridgehead atoms. The predicted octanol–water partition coefficient (Wildman–Crippen LogP) is 3.74. The fraction of sp³-hybridized carbons (Fsp3) is 0.263. The van der Waals surface area contributed by atoms with Gasteiger partial charge in [-0.25, -0.2) is 0 Å². The standard InChI is InChI=1S/C19H20N2O2/c1-12-8-21-19-16(23-11-13-5-3-2-4-6-13)7-15-18(17(12)19)14(10-22)9-20-15/h2-6,8,10,16,20-22H,7,9,11H2,1H3/b14-10+. The van der Waals surface area contributed by atoms with E-state index in [1.54, 1.807) is 0 Å². The number of hydrogen-bond donors (Lipinski definition) is 3. The molecule has 2 aliphatic rings. The van der Waals surface area contributed by atoms with Crippen LogP contribution < -0.4 is 5.32 Å². The molecule has 0 radical (unpaired) electrons. The summed E-state index contributed by atoms with van der Waals surface area (Å²) in [5, 5.41) is 12.9. The normalized spacial score (nSPS) is 21.3. The van der Waals surface area contributed by atoms with Gasteiger partial charge in [0, 0.05) is 41.6 Å². The summed E-state index contributed by atoms with van der Waals surface area (Å²) < 4.78 is 6.20. The second kappa shape index (κ2) is 5.63. The van der Waals surface area contributed by atoms with E-state index in [0.717, 1.165) is 23.3 Å². The van der Waals surface area contributed by atoms with E-state index in [4.69, 9.17) is 4.74 Å². The zero-order valence-corrected chi connectivity index (χ0v) is 13.1. The van der Waals surface area contributed by atoms with Crippen LogP contribution in [0.15, 0.2) is 54.1 Å². The average molecular weight is 308 g/mol. The number of aryl methyl sites for hydroxylation is 1. The summed E-state index contributed by atoms with van der Waals surface area (Å²) in [6.07, 6.45) is 4.04. The van der Waals surface area contributed by atoms with Gasteiger partial charge in [0.2, 0.25) is 0 Å². The fourth-order valence-corrected chi connectivity index (χ4v) is 3.50. The SMILES string of the molecule is Cc1c[nH]c2c1C1=C(CC2OCc2ccccc2)NC/C1=C\O. The van der Waals surface area contributed by atoms with Gasteiger partial charge >= 0.3 is 0 Å². The Kier molecular flexibility index (Phi) is 3.46. The summed E-state index contributed by atoms with van der Waals surface area (Å²) in [5.41, 5.74) is 7.90. The number of aromatic nitrogens is 1. The second-order valence-electron chi connectivity index (χ2n) is 6.11. The highest BCUT2D eigenvalue weighted by Crippen LogP contribution is 2.45. The van der Waals surface area contributed by atoms with E-state index in [0.29, 0.717) is 13.2 Å². The number of aromatic amines is 1. The first-order chi connectivity index (χ1) is 11.3. The Bertz CT molecular complexity index is 787. The zero-order chi connectivity index (χ0) is 15.8. The Morgan fingerprint density at radius 1 is 1.30 bits per heavy atom. The molecule has 0 fully saturated rings. The number of fused-ring (bicyclic) bond motifs is 2. The van der Waals surface area contributed by atoms with Crippen molar-refractivity contribution in [3.63, 3.8) is 0 Å². The van der Waals surface area contributed by atoms with Crippen LogP contribution in [0.5, 0.6) is 0 Å². The summed E-state index contributed by atoms with van der Waals surface area (Å²) in [4.78, 5) is 3.37. The van der Waals surface area contributed by atoms with Crippen LogP contribution in [-0.2, 0) is 11.3 Å². The summed E-state index contributed by atoms with van der Waals surface area (Å²) in [7, 11) is 0. The number of H-pyrrole nitrogens is 1. The number of aliphatic hydroxyl groups excluding tert-OH is 1. The van der Waals surface area contributed by atoms with E-state index < -0.39 is 0 Å². The van der Waals surface area contributed by atoms with Crippen molar-refractivity contribution < 1.29 is 9.84 Å². The lowest BCUT2D eigenvalue weighted by Crippen LogP contribution is -2.17. The van der Waals surface area contributed by atoms with Crippen molar-refractivity contribution >= 4 is 5.57 Å². The second-order valence-corrected chi connectivity index (χ2v) is 6.11. The highest BCUT2D eigenvalue weighted by Gasteiger charge is 2.34. The lowest BCUT2D eigenvalue weighted by atomic mass is 9.88. The molecule has 23 heavy (non-hydrogen) atoms. The molecular weight excluding hydrogens is 288 g/mol. The first-order valence-electron chi connectivity index (χ1n) is 7.92. The molecule has 0 amide bonds. The van der Waals surface area contributed by atoms with Gasteiger partial charge in [0.05, 0.1) is 18.6 Å². The molecule has 3 N–H and O–H groups in total. The van der Waals surface area contributed by atoms with Crippen molar-refractivity contribution in [3.05, 3.63) is 76.4 Å². The number of ether oxygens (including phenoxy) is 1. The molecule has 4 rings (SSSR count). The maximum Gasteiger partial charge on any atom is 0.104 e. The van der Waals surface area contributed by atoms with E-state index in [-0.39, 0.29) is 6.10 Å². The number of nitrogens with one attached hydrogen (secondary N) is 2. The van der Waals surface area contributed by atoms with E-state index in [1.165, 1.54) is 28.6 Å². The number of benzene rings is 1. The van der Waals surface area contributed by atoms with Crippen molar-refractivity contribution in [2.45, 2.75) is 26.1 Å². The van der Waals surface area contributed by atoms with Gasteiger partial charge in [-0.1, -0.05) is 30.3 Å². The average Bonchev–Trinajstić information content (AvgIpc) is 3.17. The number of hydrogen-bond acceptors (Lipinski definition) is 3. The zero-order valence-electron chi connectivity index (χ0n) is 13.1. The molecule has 118 valence electrons. The molecule has 1 aromatic carbocycles. The van der Waals surface area contributed by atoms with Crippen LogP contribution in [0.3, 0.4) is 0 Å². The minimum absolute atomic E-state index is 0.00296. The minimum atomic E-state index is 0.00296. The summed E-state index contributed by atoms with van der Waals surface area (Å²) >= 11 is 0. The Labute approximate surface area is 135 Å². The van der Waals surface area contributed by atoms with E-state index in [2.05, 4.69) is 29.4 Å². The maximum absolute atomic E-state index is 9.50. The Morgan fingerprint density at radius 3 is 2.91 bits per heavy atom. The van der Waals surface area contributed by atoms with Gasteiger partial charge in [0.1, 0.15) is 6.10 Å². The molecule has 0 saturated carbocycles. The van der Waals surface area contributed by atoms with Gasteiger partial charge in [-0.3, -0.25) is 0 Å². The van der Waals surface area contributed by atoms with Crippen LogP contribution in [0.4, 0.5) is 0 Å². The highest BCUT2D eigenvalue weighted by molar-refractivity contribution is 5.87. The molecule has 0 saturated heterocycles. The third kappa shape index (κ3) is 2.35. The quantitative estimate of drug-likeness (QED) is 0.757. The van der Waals surface area contributed by atoms with Crippen LogP contribution in [0.25, 0.3) is 5.57 Å². The maximum atomic E-state index is 9.50. The van der Waals surface area contributed by atoms with Crippen molar-refractivity contribution in [1.29, 1.82) is 0 Å². The summed E-state index contributed by atoms with van der Waals surface area (Å²) in [6, 6.07) is 10.2. The van der Waals surface area contributed by atoms with Crippen molar-refractivity contribution in [2.75, 3.05) is 6.54 Å². The largest absolute Gasteiger partial charge is 0.515 e. The van der Waals surface area contributed by atoms with Crippen molar-refractivity contribution in [1.82, 2.24) is 10.3 Å². The van der Waals surface area contributed by atoms with Crippen LogP contribution in [-0.4, -0.2) is 16.6 Å². The molecule has 4 nitrogen and oxygen atoms in total. The van der Waals surface area contributed by atoms with E-state index >= 15 is 0 Å². The lowest BCUT2D eigenvalue weighted by Gasteiger charge is -2.25. The Hall–Kier alpha value is -2.46. The fourth-order valence-electron chi connectivity index (χ4n) is 3.50. The van der Waals surface area contributed by atoms with Gasteiger partial charge in [-0.2, -0.15) is 0 Å². The molecular formula is C19H20N2O2.